The Kier molecular flexibility index (Phi) is 3.99. The van der Waals surface area contributed by atoms with Crippen LogP contribution in [0.1, 0.15) is 54.9 Å². The Balaban J connectivity index is 1.47. The van der Waals surface area contributed by atoms with Crippen molar-refractivity contribution in [2.75, 3.05) is 18.4 Å². The first-order valence-corrected chi connectivity index (χ1v) is 8.60. The number of imidazole rings is 1. The smallest absolute Gasteiger partial charge is 0.130 e. The van der Waals surface area contributed by atoms with Crippen LogP contribution in [0, 0.1) is 6.92 Å². The molecule has 3 heterocycles. The van der Waals surface area contributed by atoms with Crippen molar-refractivity contribution in [1.29, 1.82) is 0 Å². The minimum Gasteiger partial charge on any atom is -0.364 e. The third-order valence-electron chi connectivity index (χ3n) is 4.71. The van der Waals surface area contributed by atoms with Gasteiger partial charge in [-0.15, -0.1) is 0 Å². The van der Waals surface area contributed by atoms with Crippen LogP contribution in [-0.2, 0) is 6.54 Å². The molecule has 23 heavy (non-hydrogen) atoms. The van der Waals surface area contributed by atoms with Crippen LogP contribution in [0.15, 0.2) is 18.6 Å². The molecule has 0 bridgehead atoms. The van der Waals surface area contributed by atoms with Gasteiger partial charge in [0.15, 0.2) is 0 Å². The molecular weight excluding hydrogens is 288 g/mol. The zero-order valence-electron chi connectivity index (χ0n) is 13.6. The Hall–Kier alpha value is -1.95. The Morgan fingerprint density at radius 1 is 1.30 bits per heavy atom. The Bertz CT molecular complexity index is 669. The summed E-state index contributed by atoms with van der Waals surface area (Å²) in [6, 6.07) is 2.77. The summed E-state index contributed by atoms with van der Waals surface area (Å²) in [4.78, 5) is 13.5. The lowest BCUT2D eigenvalue weighted by Crippen LogP contribution is -2.29. The van der Waals surface area contributed by atoms with Gasteiger partial charge >= 0.3 is 0 Å². The number of nitrogens with zero attached hydrogens (tertiary/aromatic N) is 4. The largest absolute Gasteiger partial charge is 0.364 e. The van der Waals surface area contributed by atoms with Gasteiger partial charge in [-0.1, -0.05) is 0 Å². The van der Waals surface area contributed by atoms with Crippen LogP contribution >= 0.6 is 0 Å². The molecule has 0 aromatic carbocycles. The van der Waals surface area contributed by atoms with Crippen LogP contribution in [0.4, 0.5) is 5.82 Å². The summed E-state index contributed by atoms with van der Waals surface area (Å²) < 4.78 is 2.28. The van der Waals surface area contributed by atoms with Gasteiger partial charge in [0.2, 0.25) is 0 Å². The molecular formula is C17H24N6. The standard InChI is InChI=1S/C17H24N6/c1-12-21-16(13-3-2-6-18-8-13)7-17(22-12)20-10-15-9-19-11-23(15)14-4-5-14/h7,9,11,13-14,18H,2-6,8,10H2,1H3,(H,20,21,22)/t13-/m1/s1. The second kappa shape index (κ2) is 6.28. The van der Waals surface area contributed by atoms with Crippen molar-refractivity contribution in [1.82, 2.24) is 24.8 Å². The third kappa shape index (κ3) is 3.37. The summed E-state index contributed by atoms with van der Waals surface area (Å²) in [6.45, 7) is 4.87. The van der Waals surface area contributed by atoms with E-state index < -0.39 is 0 Å². The van der Waals surface area contributed by atoms with E-state index >= 15 is 0 Å². The molecule has 1 saturated heterocycles. The summed E-state index contributed by atoms with van der Waals surface area (Å²) in [5, 5.41) is 6.92. The van der Waals surface area contributed by atoms with Gasteiger partial charge in [0.25, 0.3) is 0 Å². The van der Waals surface area contributed by atoms with Crippen molar-refractivity contribution in [2.24, 2.45) is 0 Å². The molecule has 6 nitrogen and oxygen atoms in total. The van der Waals surface area contributed by atoms with Crippen molar-refractivity contribution >= 4 is 5.82 Å². The summed E-state index contributed by atoms with van der Waals surface area (Å²) in [5.74, 6) is 2.26. The molecule has 122 valence electrons. The van der Waals surface area contributed by atoms with Gasteiger partial charge in [-0.3, -0.25) is 0 Å². The maximum atomic E-state index is 4.65. The lowest BCUT2D eigenvalue weighted by atomic mass is 9.96. The van der Waals surface area contributed by atoms with E-state index in [4.69, 9.17) is 0 Å². The first-order valence-electron chi connectivity index (χ1n) is 8.60. The number of hydrogen-bond acceptors (Lipinski definition) is 5. The van der Waals surface area contributed by atoms with Gasteiger partial charge in [-0.2, -0.15) is 0 Å². The van der Waals surface area contributed by atoms with Crippen molar-refractivity contribution in [3.05, 3.63) is 35.8 Å². The third-order valence-corrected chi connectivity index (χ3v) is 4.71. The molecule has 0 amide bonds. The van der Waals surface area contributed by atoms with E-state index in [1.54, 1.807) is 0 Å². The van der Waals surface area contributed by atoms with Crippen molar-refractivity contribution in [3.63, 3.8) is 0 Å². The number of aromatic nitrogens is 4. The van der Waals surface area contributed by atoms with Crippen LogP contribution < -0.4 is 10.6 Å². The van der Waals surface area contributed by atoms with E-state index in [-0.39, 0.29) is 0 Å². The number of piperidine rings is 1. The van der Waals surface area contributed by atoms with Gasteiger partial charge < -0.3 is 15.2 Å². The lowest BCUT2D eigenvalue weighted by molar-refractivity contribution is 0.453. The molecule has 2 N–H and O–H groups in total. The van der Waals surface area contributed by atoms with Gasteiger partial charge in [0.05, 0.1) is 24.3 Å². The molecule has 1 aliphatic carbocycles. The molecule has 4 rings (SSSR count). The predicted molar refractivity (Wildman–Crippen MR) is 89.4 cm³/mol. The molecule has 1 atom stereocenters. The molecule has 6 heteroatoms. The Morgan fingerprint density at radius 2 is 2.22 bits per heavy atom. The Morgan fingerprint density at radius 3 is 3.00 bits per heavy atom. The summed E-state index contributed by atoms with van der Waals surface area (Å²) in [6.07, 6.45) is 8.86. The SMILES string of the molecule is Cc1nc(NCc2cncn2C2CC2)cc([C@@H]2CCCNC2)n1. The Labute approximate surface area is 136 Å². The van der Waals surface area contributed by atoms with Crippen LogP contribution in [0.25, 0.3) is 0 Å². The summed E-state index contributed by atoms with van der Waals surface area (Å²) in [5.41, 5.74) is 2.38. The highest BCUT2D eigenvalue weighted by molar-refractivity contribution is 5.37. The van der Waals surface area contributed by atoms with Crippen molar-refractivity contribution < 1.29 is 0 Å². The number of hydrogen-bond donors (Lipinski definition) is 2. The van der Waals surface area contributed by atoms with E-state index in [0.717, 1.165) is 37.0 Å². The second-order valence-corrected chi connectivity index (χ2v) is 6.65. The average molecular weight is 312 g/mol. The lowest BCUT2D eigenvalue weighted by Gasteiger charge is -2.22. The summed E-state index contributed by atoms with van der Waals surface area (Å²) >= 11 is 0. The average Bonchev–Trinajstić information content (AvgIpc) is 3.31. The number of aryl methyl sites for hydroxylation is 1. The van der Waals surface area contributed by atoms with Gasteiger partial charge in [-0.05, 0) is 39.2 Å². The van der Waals surface area contributed by atoms with Gasteiger partial charge in [0, 0.05) is 30.8 Å². The van der Waals surface area contributed by atoms with Crippen molar-refractivity contribution in [3.8, 4) is 0 Å². The van der Waals surface area contributed by atoms with E-state index in [9.17, 15) is 0 Å². The van der Waals surface area contributed by atoms with Gasteiger partial charge in [0.1, 0.15) is 11.6 Å². The van der Waals surface area contributed by atoms with Crippen molar-refractivity contribution in [2.45, 2.75) is 51.1 Å². The van der Waals surface area contributed by atoms with Crippen LogP contribution in [0.2, 0.25) is 0 Å². The number of nitrogens with one attached hydrogen (secondary N) is 2. The van der Waals surface area contributed by atoms with E-state index in [0.29, 0.717) is 12.0 Å². The van der Waals surface area contributed by atoms with Gasteiger partial charge in [-0.25, -0.2) is 15.0 Å². The first kappa shape index (κ1) is 14.6. The van der Waals surface area contributed by atoms with E-state index in [2.05, 4.69) is 36.2 Å². The molecule has 1 aliphatic heterocycles. The first-order chi connectivity index (χ1) is 11.3. The monoisotopic (exact) mass is 312 g/mol. The highest BCUT2D eigenvalue weighted by Crippen LogP contribution is 2.35. The topological polar surface area (TPSA) is 67.7 Å². The highest BCUT2D eigenvalue weighted by atomic mass is 15.1. The van der Waals surface area contributed by atoms with E-state index in [1.807, 2.05) is 19.4 Å². The number of anilines is 1. The normalized spacial score (nSPS) is 21.3. The minimum absolute atomic E-state index is 0.503. The van der Waals surface area contributed by atoms with Crippen LogP contribution in [0.3, 0.4) is 0 Å². The molecule has 0 unspecified atom stereocenters. The molecule has 1 saturated carbocycles. The molecule has 2 fully saturated rings. The fourth-order valence-corrected chi connectivity index (χ4v) is 3.33. The maximum Gasteiger partial charge on any atom is 0.130 e. The molecule has 2 aliphatic rings. The molecule has 0 spiro atoms. The maximum absolute atomic E-state index is 4.65. The summed E-state index contributed by atoms with van der Waals surface area (Å²) in [7, 11) is 0. The molecule has 0 radical (unpaired) electrons. The minimum atomic E-state index is 0.503. The zero-order chi connectivity index (χ0) is 15.6. The van der Waals surface area contributed by atoms with E-state index in [1.165, 1.54) is 31.4 Å². The second-order valence-electron chi connectivity index (χ2n) is 6.65. The molecule has 2 aromatic rings. The zero-order valence-corrected chi connectivity index (χ0v) is 13.6. The van der Waals surface area contributed by atoms with Crippen LogP contribution in [0.5, 0.6) is 0 Å². The quantitative estimate of drug-likeness (QED) is 0.887. The predicted octanol–water partition coefficient (Wildman–Crippen LogP) is 2.40. The molecule has 2 aromatic heterocycles. The van der Waals surface area contributed by atoms with Crippen LogP contribution in [-0.4, -0.2) is 32.6 Å². The number of rotatable bonds is 5. The fraction of sp³-hybridized carbons (Fsp3) is 0.588. The highest BCUT2D eigenvalue weighted by Gasteiger charge is 2.25. The fourth-order valence-electron chi connectivity index (χ4n) is 3.33.